The molecule has 2 heterocycles. The molecule has 76 valence electrons. The lowest BCUT2D eigenvalue weighted by molar-refractivity contribution is -0.146. The summed E-state index contributed by atoms with van der Waals surface area (Å²) in [5, 5.41) is 2.85. The summed E-state index contributed by atoms with van der Waals surface area (Å²) in [6, 6.07) is 0. The topological polar surface area (TPSA) is 69.3 Å². The standard InChI is InChI=1S/C6H5F3N4O/c1-2-3(10)13-4(6(7,8)9)12-14-5(13)11-2/h10H2,1H3. The van der Waals surface area contributed by atoms with Gasteiger partial charge >= 0.3 is 12.0 Å². The highest BCUT2D eigenvalue weighted by molar-refractivity contribution is 5.46. The molecule has 5 nitrogen and oxygen atoms in total. The second kappa shape index (κ2) is 2.40. The Morgan fingerprint density at radius 2 is 2.07 bits per heavy atom. The van der Waals surface area contributed by atoms with E-state index in [1.165, 1.54) is 6.92 Å². The summed E-state index contributed by atoms with van der Waals surface area (Å²) in [7, 11) is 0. The van der Waals surface area contributed by atoms with E-state index < -0.39 is 12.0 Å². The monoisotopic (exact) mass is 206 g/mol. The van der Waals surface area contributed by atoms with E-state index in [1.54, 1.807) is 0 Å². The summed E-state index contributed by atoms with van der Waals surface area (Å²) >= 11 is 0. The van der Waals surface area contributed by atoms with Crippen LogP contribution in [0.2, 0.25) is 0 Å². The van der Waals surface area contributed by atoms with Crippen molar-refractivity contribution >= 4 is 11.7 Å². The minimum atomic E-state index is -4.60. The number of halogens is 3. The molecule has 0 saturated heterocycles. The predicted octanol–water partition coefficient (Wildman–Crippen LogP) is 1.23. The molecule has 2 rings (SSSR count). The summed E-state index contributed by atoms with van der Waals surface area (Å²) in [4.78, 5) is 3.66. The Hall–Kier alpha value is -1.73. The molecule has 0 fully saturated rings. The van der Waals surface area contributed by atoms with Gasteiger partial charge in [-0.3, -0.25) is 0 Å². The maximum absolute atomic E-state index is 12.3. The first-order valence-electron chi connectivity index (χ1n) is 3.58. The summed E-state index contributed by atoms with van der Waals surface area (Å²) in [5.41, 5.74) is 5.66. The van der Waals surface area contributed by atoms with Crippen molar-refractivity contribution in [1.82, 2.24) is 14.5 Å². The van der Waals surface area contributed by atoms with E-state index in [4.69, 9.17) is 5.73 Å². The van der Waals surface area contributed by atoms with Gasteiger partial charge < -0.3 is 10.3 Å². The van der Waals surface area contributed by atoms with Crippen LogP contribution in [0.5, 0.6) is 0 Å². The third-order valence-corrected chi connectivity index (χ3v) is 1.75. The van der Waals surface area contributed by atoms with Crippen LogP contribution in [0.3, 0.4) is 0 Å². The molecule has 0 bridgehead atoms. The van der Waals surface area contributed by atoms with Crippen molar-refractivity contribution in [2.45, 2.75) is 13.1 Å². The first kappa shape index (κ1) is 8.85. The molecular weight excluding hydrogens is 201 g/mol. The van der Waals surface area contributed by atoms with E-state index in [2.05, 4.69) is 14.7 Å². The average molecular weight is 206 g/mol. The smallest absolute Gasteiger partial charge is 0.383 e. The number of alkyl halides is 3. The van der Waals surface area contributed by atoms with Crippen molar-refractivity contribution in [2.75, 3.05) is 5.73 Å². The highest BCUT2D eigenvalue weighted by Gasteiger charge is 2.39. The van der Waals surface area contributed by atoms with E-state index in [0.29, 0.717) is 4.40 Å². The van der Waals surface area contributed by atoms with Gasteiger partial charge in [0.15, 0.2) is 0 Å². The zero-order valence-corrected chi connectivity index (χ0v) is 6.96. The Balaban J connectivity index is 2.79. The minimum Gasteiger partial charge on any atom is -0.383 e. The first-order chi connectivity index (χ1) is 6.41. The van der Waals surface area contributed by atoms with Crippen LogP contribution < -0.4 is 5.73 Å². The molecule has 2 N–H and O–H groups in total. The number of hydrogen-bond donors (Lipinski definition) is 1. The summed E-state index contributed by atoms with van der Waals surface area (Å²) in [5.74, 6) is -1.58. The van der Waals surface area contributed by atoms with Gasteiger partial charge in [-0.15, -0.1) is 0 Å². The number of fused-ring (bicyclic) bond motifs is 1. The Morgan fingerprint density at radius 3 is 2.64 bits per heavy atom. The van der Waals surface area contributed by atoms with Crippen molar-refractivity contribution in [3.05, 3.63) is 11.5 Å². The Labute approximate surface area is 75.3 Å². The molecule has 0 aliphatic heterocycles. The van der Waals surface area contributed by atoms with Gasteiger partial charge in [0.2, 0.25) is 0 Å². The fourth-order valence-electron chi connectivity index (χ4n) is 1.08. The quantitative estimate of drug-likeness (QED) is 0.703. The van der Waals surface area contributed by atoms with Crippen LogP contribution >= 0.6 is 0 Å². The number of imidazole rings is 1. The van der Waals surface area contributed by atoms with Gasteiger partial charge in [-0.05, 0) is 6.92 Å². The molecule has 0 aliphatic rings. The number of anilines is 1. The van der Waals surface area contributed by atoms with Crippen molar-refractivity contribution in [2.24, 2.45) is 0 Å². The highest BCUT2D eigenvalue weighted by Crippen LogP contribution is 2.30. The van der Waals surface area contributed by atoms with E-state index in [0.717, 1.165) is 0 Å². The predicted molar refractivity (Wildman–Crippen MR) is 39.4 cm³/mol. The zero-order valence-electron chi connectivity index (χ0n) is 6.96. The van der Waals surface area contributed by atoms with Gasteiger partial charge in [-0.2, -0.15) is 18.2 Å². The number of hydrogen-bond acceptors (Lipinski definition) is 4. The number of nitrogens with two attached hydrogens (primary N) is 1. The molecule has 0 aromatic carbocycles. The molecule has 0 saturated carbocycles. The Kier molecular flexibility index (Phi) is 1.52. The molecule has 0 radical (unpaired) electrons. The number of nitrogens with zero attached hydrogens (tertiary/aromatic N) is 3. The van der Waals surface area contributed by atoms with Crippen molar-refractivity contribution in [1.29, 1.82) is 0 Å². The summed E-state index contributed by atoms with van der Waals surface area (Å²) < 4.78 is 42.0. The van der Waals surface area contributed by atoms with E-state index >= 15 is 0 Å². The van der Waals surface area contributed by atoms with Crippen LogP contribution in [0.1, 0.15) is 11.5 Å². The van der Waals surface area contributed by atoms with Crippen LogP contribution in [-0.2, 0) is 6.18 Å². The van der Waals surface area contributed by atoms with Crippen molar-refractivity contribution in [3.63, 3.8) is 0 Å². The lowest BCUT2D eigenvalue weighted by Gasteiger charge is -2.01. The highest BCUT2D eigenvalue weighted by atomic mass is 19.4. The van der Waals surface area contributed by atoms with Gasteiger partial charge in [0.25, 0.3) is 5.82 Å². The maximum Gasteiger partial charge on any atom is 0.453 e. The lowest BCUT2D eigenvalue weighted by Crippen LogP contribution is -2.11. The van der Waals surface area contributed by atoms with Crippen molar-refractivity contribution < 1.29 is 17.7 Å². The van der Waals surface area contributed by atoms with Gasteiger partial charge in [0, 0.05) is 0 Å². The molecule has 0 aliphatic carbocycles. The van der Waals surface area contributed by atoms with E-state index in [9.17, 15) is 13.2 Å². The molecule has 2 aromatic heterocycles. The average Bonchev–Trinajstić information content (AvgIpc) is 2.54. The number of nitrogen functional groups attached to an aromatic ring is 1. The molecule has 14 heavy (non-hydrogen) atoms. The van der Waals surface area contributed by atoms with Crippen molar-refractivity contribution in [3.8, 4) is 0 Å². The molecule has 2 aromatic rings. The normalized spacial score (nSPS) is 12.6. The molecule has 8 heteroatoms. The van der Waals surface area contributed by atoms with Crippen LogP contribution in [0.15, 0.2) is 4.52 Å². The van der Waals surface area contributed by atoms with E-state index in [-0.39, 0.29) is 17.4 Å². The summed E-state index contributed by atoms with van der Waals surface area (Å²) in [6.45, 7) is 1.48. The Bertz CT molecular complexity index is 483. The molecule has 0 spiro atoms. The fraction of sp³-hybridized carbons (Fsp3) is 0.333. The van der Waals surface area contributed by atoms with Crippen LogP contribution in [-0.4, -0.2) is 14.5 Å². The van der Waals surface area contributed by atoms with Gasteiger partial charge in [-0.25, -0.2) is 4.40 Å². The second-order valence-corrected chi connectivity index (χ2v) is 2.70. The Morgan fingerprint density at radius 1 is 1.43 bits per heavy atom. The van der Waals surface area contributed by atoms with E-state index in [1.807, 2.05) is 0 Å². The van der Waals surface area contributed by atoms with Crippen LogP contribution in [0.25, 0.3) is 5.84 Å². The van der Waals surface area contributed by atoms with Crippen LogP contribution in [0, 0.1) is 6.92 Å². The third kappa shape index (κ3) is 1.03. The van der Waals surface area contributed by atoms with Gasteiger partial charge in [0.05, 0.1) is 5.69 Å². The lowest BCUT2D eigenvalue weighted by atomic mass is 10.5. The SMILES string of the molecule is Cc1nc2onc(C(F)(F)F)n2c1N. The number of aryl methyl sites for hydroxylation is 1. The number of aromatic nitrogens is 3. The minimum absolute atomic E-state index is 0.117. The third-order valence-electron chi connectivity index (χ3n) is 1.75. The molecular formula is C6H5F3N4O. The first-order valence-corrected chi connectivity index (χ1v) is 3.58. The van der Waals surface area contributed by atoms with Gasteiger partial charge in [0.1, 0.15) is 5.82 Å². The van der Waals surface area contributed by atoms with Gasteiger partial charge in [-0.1, -0.05) is 5.16 Å². The largest absolute Gasteiger partial charge is 0.453 e. The number of rotatable bonds is 0. The fourth-order valence-corrected chi connectivity index (χ4v) is 1.08. The second-order valence-electron chi connectivity index (χ2n) is 2.70. The molecule has 0 amide bonds. The maximum atomic E-state index is 12.3. The summed E-state index contributed by atoms with van der Waals surface area (Å²) in [6.07, 6.45) is -4.60. The zero-order chi connectivity index (χ0) is 10.5. The molecule has 0 unspecified atom stereocenters. The van der Waals surface area contributed by atoms with Crippen LogP contribution in [0.4, 0.5) is 19.0 Å². The molecule has 0 atom stereocenters.